The van der Waals surface area contributed by atoms with Gasteiger partial charge in [0.1, 0.15) is 5.75 Å². The molecule has 0 amide bonds. The van der Waals surface area contributed by atoms with E-state index in [4.69, 9.17) is 4.74 Å². The van der Waals surface area contributed by atoms with Crippen molar-refractivity contribution in [1.29, 1.82) is 0 Å². The number of para-hydroxylation sites is 1. The van der Waals surface area contributed by atoms with Crippen molar-refractivity contribution in [3.63, 3.8) is 0 Å². The van der Waals surface area contributed by atoms with Gasteiger partial charge in [0.2, 0.25) is 10.0 Å². The molecule has 0 aliphatic rings. The van der Waals surface area contributed by atoms with Crippen LogP contribution >= 0.6 is 0 Å². The van der Waals surface area contributed by atoms with Crippen molar-refractivity contribution < 1.29 is 22.9 Å². The van der Waals surface area contributed by atoms with Crippen LogP contribution in [0.1, 0.15) is 17.2 Å². The topological polar surface area (TPSA) is 116 Å². The fourth-order valence-electron chi connectivity index (χ4n) is 2.85. The van der Waals surface area contributed by atoms with Crippen LogP contribution in [-0.2, 0) is 14.8 Å². The number of carbonyl (C=O) groups is 1. The molecule has 3 aromatic carbocycles. The molecule has 0 aliphatic heterocycles. The van der Waals surface area contributed by atoms with Crippen molar-refractivity contribution in [3.05, 3.63) is 112 Å². The Morgan fingerprint density at radius 1 is 1.00 bits per heavy atom. The maximum atomic E-state index is 13.0. The molecule has 0 spiro atoms. The highest BCUT2D eigenvalue weighted by Crippen LogP contribution is 2.27. The second-order valence-corrected chi connectivity index (χ2v) is 8.66. The number of rotatable bonds is 8. The number of hydrogen-bond donors (Lipinski definition) is 1. The average Bonchev–Trinajstić information content (AvgIpc) is 2.78. The molecule has 0 heterocycles. The SMILES string of the molecule is C=C(C(=O)Oc1ccccc1)[C@H](NS(=O)(=O)c1ccc(C)cc1)c1ccc([N+](=O)[O-])cc1. The first-order valence-corrected chi connectivity index (χ1v) is 10.9. The summed E-state index contributed by atoms with van der Waals surface area (Å²) in [4.78, 5) is 23.1. The number of aryl methyl sites for hydroxylation is 1. The fraction of sp³-hybridized carbons (Fsp3) is 0.0870. The lowest BCUT2D eigenvalue weighted by molar-refractivity contribution is -0.384. The van der Waals surface area contributed by atoms with Crippen molar-refractivity contribution in [2.45, 2.75) is 17.9 Å². The third kappa shape index (κ3) is 5.45. The lowest BCUT2D eigenvalue weighted by Crippen LogP contribution is -2.33. The second kappa shape index (κ2) is 9.54. The van der Waals surface area contributed by atoms with Gasteiger partial charge in [0.05, 0.1) is 21.4 Å². The number of sulfonamides is 1. The van der Waals surface area contributed by atoms with Crippen LogP contribution in [0, 0.1) is 17.0 Å². The highest BCUT2D eigenvalue weighted by atomic mass is 32.2. The standard InChI is InChI=1S/C23H20N2O6S/c1-16-8-14-21(15-9-16)32(29,30)24-22(18-10-12-19(13-11-18)25(27)28)17(2)23(26)31-20-6-4-3-5-7-20/h3-15,22,24H,2H2,1H3/t22-/m0/s1. The van der Waals surface area contributed by atoms with Crippen LogP contribution in [-0.4, -0.2) is 19.3 Å². The van der Waals surface area contributed by atoms with Gasteiger partial charge in [-0.2, -0.15) is 4.72 Å². The Morgan fingerprint density at radius 3 is 2.16 bits per heavy atom. The van der Waals surface area contributed by atoms with Gasteiger partial charge in [-0.3, -0.25) is 10.1 Å². The van der Waals surface area contributed by atoms with Crippen molar-refractivity contribution in [1.82, 2.24) is 4.72 Å². The molecule has 1 atom stereocenters. The summed E-state index contributed by atoms with van der Waals surface area (Å²) < 4.78 is 33.7. The van der Waals surface area contributed by atoms with Crippen molar-refractivity contribution in [2.75, 3.05) is 0 Å². The van der Waals surface area contributed by atoms with Crippen molar-refractivity contribution in [3.8, 4) is 5.75 Å². The zero-order valence-electron chi connectivity index (χ0n) is 17.1. The van der Waals surface area contributed by atoms with E-state index >= 15 is 0 Å². The Kier molecular flexibility index (Phi) is 6.82. The number of ether oxygens (including phenoxy) is 1. The number of nitro benzene ring substituents is 1. The number of nitrogens with zero attached hydrogens (tertiary/aromatic N) is 1. The van der Waals surface area contributed by atoms with E-state index in [1.165, 1.54) is 36.4 Å². The minimum absolute atomic E-state index is 0.000705. The zero-order chi connectivity index (χ0) is 23.3. The average molecular weight is 452 g/mol. The molecule has 0 aromatic heterocycles. The van der Waals surface area contributed by atoms with Gasteiger partial charge >= 0.3 is 5.97 Å². The van der Waals surface area contributed by atoms with Gasteiger partial charge in [0, 0.05) is 12.1 Å². The summed E-state index contributed by atoms with van der Waals surface area (Å²) >= 11 is 0. The first-order valence-electron chi connectivity index (χ1n) is 9.47. The van der Waals surface area contributed by atoms with Crippen LogP contribution in [0.3, 0.4) is 0 Å². The molecule has 32 heavy (non-hydrogen) atoms. The molecule has 0 fully saturated rings. The molecular weight excluding hydrogens is 432 g/mol. The molecule has 9 heteroatoms. The van der Waals surface area contributed by atoms with Gasteiger partial charge in [0.15, 0.2) is 0 Å². The minimum Gasteiger partial charge on any atom is -0.423 e. The maximum Gasteiger partial charge on any atom is 0.340 e. The fourth-order valence-corrected chi connectivity index (χ4v) is 4.07. The van der Waals surface area contributed by atoms with E-state index in [9.17, 15) is 23.3 Å². The van der Waals surface area contributed by atoms with Gasteiger partial charge in [0.25, 0.3) is 5.69 Å². The number of hydrogen-bond acceptors (Lipinski definition) is 6. The Hall–Kier alpha value is -3.82. The maximum absolute atomic E-state index is 13.0. The zero-order valence-corrected chi connectivity index (χ0v) is 17.9. The third-order valence-corrected chi connectivity index (χ3v) is 6.04. The second-order valence-electron chi connectivity index (χ2n) is 6.94. The first kappa shape index (κ1) is 22.9. The summed E-state index contributed by atoms with van der Waals surface area (Å²) in [6.07, 6.45) is 0. The number of esters is 1. The molecule has 0 saturated carbocycles. The van der Waals surface area contributed by atoms with E-state index in [-0.39, 0.29) is 21.9 Å². The number of carbonyl (C=O) groups excluding carboxylic acids is 1. The molecule has 1 N–H and O–H groups in total. The van der Waals surface area contributed by atoms with Crippen LogP contribution < -0.4 is 9.46 Å². The molecule has 0 radical (unpaired) electrons. The van der Waals surface area contributed by atoms with E-state index in [1.807, 2.05) is 6.92 Å². The Balaban J connectivity index is 1.95. The van der Waals surface area contributed by atoms with E-state index < -0.39 is 27.0 Å². The Labute approximate surface area is 185 Å². The van der Waals surface area contributed by atoms with E-state index in [1.54, 1.807) is 42.5 Å². The summed E-state index contributed by atoms with van der Waals surface area (Å²) in [7, 11) is -4.05. The van der Waals surface area contributed by atoms with Crippen LogP contribution in [0.25, 0.3) is 0 Å². The number of benzene rings is 3. The lowest BCUT2D eigenvalue weighted by Gasteiger charge is -2.21. The molecule has 0 saturated heterocycles. The predicted molar refractivity (Wildman–Crippen MR) is 119 cm³/mol. The van der Waals surface area contributed by atoms with Gasteiger partial charge in [-0.15, -0.1) is 0 Å². The van der Waals surface area contributed by atoms with Crippen LogP contribution in [0.15, 0.2) is 95.9 Å². The highest BCUT2D eigenvalue weighted by Gasteiger charge is 2.28. The van der Waals surface area contributed by atoms with Gasteiger partial charge in [-0.1, -0.05) is 54.6 Å². The number of nitrogens with one attached hydrogen (secondary N) is 1. The smallest absolute Gasteiger partial charge is 0.340 e. The molecule has 0 bridgehead atoms. The number of non-ortho nitro benzene ring substituents is 1. The van der Waals surface area contributed by atoms with E-state index in [0.717, 1.165) is 5.56 Å². The molecule has 0 aliphatic carbocycles. The normalized spacial score (nSPS) is 12.0. The molecule has 3 aromatic rings. The largest absolute Gasteiger partial charge is 0.423 e. The first-order chi connectivity index (χ1) is 15.2. The predicted octanol–water partition coefficient (Wildman–Crippen LogP) is 4.08. The summed E-state index contributed by atoms with van der Waals surface area (Å²) in [6, 6.07) is 18.4. The van der Waals surface area contributed by atoms with Crippen LogP contribution in [0.4, 0.5) is 5.69 Å². The molecule has 164 valence electrons. The highest BCUT2D eigenvalue weighted by molar-refractivity contribution is 7.89. The molecular formula is C23H20N2O6S. The van der Waals surface area contributed by atoms with Crippen molar-refractivity contribution in [2.24, 2.45) is 0 Å². The van der Waals surface area contributed by atoms with Crippen molar-refractivity contribution >= 4 is 21.7 Å². The number of nitro groups is 1. The summed E-state index contributed by atoms with van der Waals surface area (Å²) in [5.41, 5.74) is 0.817. The third-order valence-electron chi connectivity index (χ3n) is 4.61. The minimum atomic E-state index is -4.05. The summed E-state index contributed by atoms with van der Waals surface area (Å²) in [5.74, 6) is -0.575. The van der Waals surface area contributed by atoms with Crippen LogP contribution in [0.2, 0.25) is 0 Å². The molecule has 3 rings (SSSR count). The van der Waals surface area contributed by atoms with Gasteiger partial charge in [-0.05, 0) is 36.8 Å². The molecule has 8 nitrogen and oxygen atoms in total. The van der Waals surface area contributed by atoms with Crippen LogP contribution in [0.5, 0.6) is 5.75 Å². The Morgan fingerprint density at radius 2 is 1.59 bits per heavy atom. The van der Waals surface area contributed by atoms with E-state index in [2.05, 4.69) is 11.3 Å². The van der Waals surface area contributed by atoms with E-state index in [0.29, 0.717) is 5.56 Å². The summed E-state index contributed by atoms with van der Waals surface area (Å²) in [5, 5.41) is 11.0. The Bertz CT molecular complexity index is 1240. The summed E-state index contributed by atoms with van der Waals surface area (Å²) in [6.45, 7) is 5.57. The van der Waals surface area contributed by atoms with Gasteiger partial charge in [-0.25, -0.2) is 13.2 Å². The quantitative estimate of drug-likeness (QED) is 0.181. The monoisotopic (exact) mass is 452 g/mol. The van der Waals surface area contributed by atoms with Gasteiger partial charge < -0.3 is 4.74 Å². The lowest BCUT2D eigenvalue weighted by atomic mass is 10.0. The molecule has 0 unspecified atom stereocenters.